The van der Waals surface area contributed by atoms with Crippen molar-refractivity contribution in [2.45, 2.75) is 13.8 Å². The number of fused-ring (bicyclic) bond motifs is 2. The summed E-state index contributed by atoms with van der Waals surface area (Å²) in [4.78, 5) is 67.0. The third-order valence-electron chi connectivity index (χ3n) is 9.15. The molecule has 0 radical (unpaired) electrons. The Labute approximate surface area is 309 Å². The number of amides is 2. The van der Waals surface area contributed by atoms with E-state index in [-0.39, 0.29) is 35.8 Å². The number of Topliss-reactive ketones (excluding diaryl/α,β-unsaturated/α-hetero) is 2. The van der Waals surface area contributed by atoms with Crippen molar-refractivity contribution in [3.63, 3.8) is 0 Å². The Hall–Kier alpha value is -4.47. The first-order valence-corrected chi connectivity index (χ1v) is 18.3. The molecule has 0 saturated carbocycles. The van der Waals surface area contributed by atoms with Crippen LogP contribution >= 0.6 is 35.1 Å². The van der Waals surface area contributed by atoms with Crippen LogP contribution in [0.15, 0.2) is 60.7 Å². The molecule has 0 bridgehead atoms. The second kappa shape index (κ2) is 15.8. The highest BCUT2D eigenvalue weighted by atomic mass is 35.5. The predicted molar refractivity (Wildman–Crippen MR) is 208 cm³/mol. The first-order valence-electron chi connectivity index (χ1n) is 16.6. The Balaban J connectivity index is 0.00000448. The highest BCUT2D eigenvalue weighted by Gasteiger charge is 2.22. The Morgan fingerprint density at radius 1 is 0.588 bits per heavy atom. The molecule has 2 aliphatic heterocycles. The van der Waals surface area contributed by atoms with Crippen LogP contribution in [-0.4, -0.2) is 109 Å². The molecule has 0 spiro atoms. The number of hydrogen-bond donors (Lipinski definition) is 2. The fourth-order valence-electron chi connectivity index (χ4n) is 6.32. The number of thiazole rings is 2. The second-order valence-corrected chi connectivity index (χ2v) is 14.7. The SMILES string of the molecule is CC(=O)c1ccc(N2CCN(CC(=O)Nc3nc4cc5nc(NC(=O)CN6CCN(c7ccc(C(C)=O)cc7)CC6)sc5cc4s3)CC2)cc1.Cl. The number of carbonyl (C=O) groups is 4. The number of aromatic nitrogens is 2. The summed E-state index contributed by atoms with van der Waals surface area (Å²) in [6.07, 6.45) is 0. The number of nitrogens with one attached hydrogen (secondary N) is 2. The van der Waals surface area contributed by atoms with Crippen molar-refractivity contribution in [3.8, 4) is 0 Å². The molecule has 51 heavy (non-hydrogen) atoms. The number of carbonyl (C=O) groups excluding carboxylic acids is 4. The van der Waals surface area contributed by atoms with E-state index in [2.05, 4.69) is 40.2 Å². The molecule has 2 aromatic heterocycles. The minimum absolute atomic E-state index is 0. The fraction of sp³-hybridized carbons (Fsp3) is 0.333. The molecule has 0 aliphatic carbocycles. The van der Waals surface area contributed by atoms with Gasteiger partial charge in [0.2, 0.25) is 11.8 Å². The van der Waals surface area contributed by atoms with E-state index in [1.807, 2.05) is 60.7 Å². The first-order chi connectivity index (χ1) is 24.2. The van der Waals surface area contributed by atoms with E-state index >= 15 is 0 Å². The van der Waals surface area contributed by atoms with Crippen molar-refractivity contribution in [1.29, 1.82) is 0 Å². The van der Waals surface area contributed by atoms with Crippen molar-refractivity contribution in [3.05, 3.63) is 71.8 Å². The van der Waals surface area contributed by atoms with Crippen LogP contribution in [0.4, 0.5) is 21.6 Å². The van der Waals surface area contributed by atoms with Gasteiger partial charge in [-0.3, -0.25) is 29.0 Å². The average Bonchev–Trinajstić information content (AvgIpc) is 3.68. The zero-order chi connectivity index (χ0) is 34.8. The molecular formula is C36H39ClN8O4S2. The lowest BCUT2D eigenvalue weighted by Crippen LogP contribution is -2.48. The van der Waals surface area contributed by atoms with E-state index < -0.39 is 0 Å². The van der Waals surface area contributed by atoms with Crippen LogP contribution < -0.4 is 20.4 Å². The summed E-state index contributed by atoms with van der Waals surface area (Å²) in [5, 5.41) is 7.03. The smallest absolute Gasteiger partial charge is 0.240 e. The van der Waals surface area contributed by atoms with Crippen molar-refractivity contribution in [2.75, 3.05) is 85.9 Å². The van der Waals surface area contributed by atoms with Crippen LogP contribution in [0.1, 0.15) is 34.6 Å². The number of anilines is 4. The van der Waals surface area contributed by atoms with E-state index in [4.69, 9.17) is 0 Å². The highest BCUT2D eigenvalue weighted by Crippen LogP contribution is 2.34. The standard InChI is InChI=1S/C36H38N8O4S2.ClH/c1-23(45)25-3-7-27(8-4-25)43-15-11-41(12-16-43)21-33(47)39-35-37-29-19-30-32(20-31(29)49-35)50-36(38-30)40-34(48)22-42-13-17-44(18-14-42)28-9-5-26(6-10-28)24(2)46;/h3-10,19-20H,11-18,21-22H2,1-2H3,(H,37,39,47)(H,38,40,48);1H. The number of benzene rings is 3. The van der Waals surface area contributed by atoms with Gasteiger partial charge in [0.15, 0.2) is 21.8 Å². The van der Waals surface area contributed by atoms with Gasteiger partial charge in [-0.1, -0.05) is 22.7 Å². The Kier molecular flexibility index (Phi) is 11.3. The number of piperazine rings is 2. The molecule has 3 aromatic carbocycles. The summed E-state index contributed by atoms with van der Waals surface area (Å²) in [5.41, 5.74) is 5.07. The van der Waals surface area contributed by atoms with Crippen LogP contribution in [0, 0.1) is 0 Å². The number of ketones is 2. The lowest BCUT2D eigenvalue weighted by Gasteiger charge is -2.35. The van der Waals surface area contributed by atoms with Crippen LogP contribution in [-0.2, 0) is 9.59 Å². The van der Waals surface area contributed by atoms with Crippen molar-refractivity contribution < 1.29 is 19.2 Å². The van der Waals surface area contributed by atoms with Gasteiger partial charge >= 0.3 is 0 Å². The molecule has 2 fully saturated rings. The quantitative estimate of drug-likeness (QED) is 0.183. The first kappa shape index (κ1) is 36.3. The molecule has 15 heteroatoms. The molecule has 2 N–H and O–H groups in total. The number of rotatable bonds is 10. The molecule has 0 atom stereocenters. The Morgan fingerprint density at radius 2 is 0.961 bits per heavy atom. The van der Waals surface area contributed by atoms with Crippen LogP contribution in [0.5, 0.6) is 0 Å². The summed E-state index contributed by atoms with van der Waals surface area (Å²) in [6.45, 7) is 9.97. The summed E-state index contributed by atoms with van der Waals surface area (Å²) in [6, 6.07) is 19.3. The van der Waals surface area contributed by atoms with Gasteiger partial charge in [-0.25, -0.2) is 9.97 Å². The van der Waals surface area contributed by atoms with Gasteiger partial charge in [0, 0.05) is 74.9 Å². The van der Waals surface area contributed by atoms with Gasteiger partial charge in [0.1, 0.15) is 0 Å². The van der Waals surface area contributed by atoms with Gasteiger partial charge in [0.25, 0.3) is 0 Å². The van der Waals surface area contributed by atoms with E-state index in [9.17, 15) is 19.2 Å². The largest absolute Gasteiger partial charge is 0.369 e. The van der Waals surface area contributed by atoms with E-state index in [0.29, 0.717) is 34.5 Å². The van der Waals surface area contributed by atoms with Gasteiger partial charge in [-0.05, 0) is 74.5 Å². The maximum Gasteiger partial charge on any atom is 0.240 e. The average molecular weight is 747 g/mol. The van der Waals surface area contributed by atoms with Gasteiger partial charge < -0.3 is 20.4 Å². The molecule has 7 rings (SSSR count). The summed E-state index contributed by atoms with van der Waals surface area (Å²) in [7, 11) is 0. The van der Waals surface area contributed by atoms with E-state index in [1.165, 1.54) is 22.7 Å². The van der Waals surface area contributed by atoms with Crippen LogP contribution in [0.3, 0.4) is 0 Å². The van der Waals surface area contributed by atoms with Gasteiger partial charge in [-0.2, -0.15) is 0 Å². The molecule has 266 valence electrons. The minimum Gasteiger partial charge on any atom is -0.369 e. The van der Waals surface area contributed by atoms with Crippen molar-refractivity contribution in [2.24, 2.45) is 0 Å². The molecule has 2 amide bonds. The lowest BCUT2D eigenvalue weighted by atomic mass is 10.1. The zero-order valence-corrected chi connectivity index (χ0v) is 30.8. The maximum atomic E-state index is 12.9. The topological polar surface area (TPSA) is 131 Å². The minimum atomic E-state index is -0.0991. The lowest BCUT2D eigenvalue weighted by molar-refractivity contribution is -0.118. The number of hydrogen-bond acceptors (Lipinski definition) is 12. The predicted octanol–water partition coefficient (Wildman–Crippen LogP) is 5.25. The molecular weight excluding hydrogens is 708 g/mol. The van der Waals surface area contributed by atoms with Gasteiger partial charge in [0.05, 0.1) is 33.5 Å². The van der Waals surface area contributed by atoms with E-state index in [1.54, 1.807) is 13.8 Å². The fourth-order valence-corrected chi connectivity index (χ4v) is 8.20. The summed E-state index contributed by atoms with van der Waals surface area (Å²) < 4.78 is 1.88. The molecule has 12 nitrogen and oxygen atoms in total. The third-order valence-corrected chi connectivity index (χ3v) is 11.0. The Morgan fingerprint density at radius 3 is 1.31 bits per heavy atom. The van der Waals surface area contributed by atoms with Crippen LogP contribution in [0.25, 0.3) is 20.4 Å². The van der Waals surface area contributed by atoms with Crippen LogP contribution in [0.2, 0.25) is 0 Å². The van der Waals surface area contributed by atoms with E-state index in [0.717, 1.165) is 84.2 Å². The number of nitrogens with zero attached hydrogens (tertiary/aromatic N) is 6. The highest BCUT2D eigenvalue weighted by molar-refractivity contribution is 7.24. The number of halogens is 1. The maximum absolute atomic E-state index is 12.9. The van der Waals surface area contributed by atoms with Crippen molar-refractivity contribution in [1.82, 2.24) is 19.8 Å². The third kappa shape index (κ3) is 8.71. The monoisotopic (exact) mass is 746 g/mol. The zero-order valence-electron chi connectivity index (χ0n) is 28.4. The normalized spacial score (nSPS) is 15.5. The summed E-state index contributed by atoms with van der Waals surface area (Å²) in [5.74, 6) is -0.0844. The Bertz CT molecular complexity index is 1860. The van der Waals surface area contributed by atoms with Crippen molar-refractivity contribution >= 4 is 101 Å². The van der Waals surface area contributed by atoms with Gasteiger partial charge in [-0.15, -0.1) is 12.4 Å². The molecule has 4 heterocycles. The summed E-state index contributed by atoms with van der Waals surface area (Å²) >= 11 is 2.84. The molecule has 2 aliphatic rings. The molecule has 0 unspecified atom stereocenters. The second-order valence-electron chi connectivity index (χ2n) is 12.7. The molecule has 5 aromatic rings. The molecule has 2 saturated heterocycles.